The third kappa shape index (κ3) is 5.51. The fourth-order valence-corrected chi connectivity index (χ4v) is 2.97. The van der Waals surface area contributed by atoms with Crippen molar-refractivity contribution in [3.8, 4) is 0 Å². The van der Waals surface area contributed by atoms with Crippen molar-refractivity contribution in [1.82, 2.24) is 0 Å². The molecule has 0 aliphatic heterocycles. The molecule has 0 radical (unpaired) electrons. The van der Waals surface area contributed by atoms with Crippen LogP contribution in [0.3, 0.4) is 0 Å². The molecule has 2 heteroatoms. The van der Waals surface area contributed by atoms with Crippen molar-refractivity contribution in [2.24, 2.45) is 17.8 Å². The molecule has 1 aliphatic carbocycles. The first-order valence-electron chi connectivity index (χ1n) is 7.74. The van der Waals surface area contributed by atoms with Crippen LogP contribution in [0.2, 0.25) is 0 Å². The van der Waals surface area contributed by atoms with Crippen LogP contribution in [0.4, 0.5) is 0 Å². The van der Waals surface area contributed by atoms with E-state index >= 15 is 0 Å². The van der Waals surface area contributed by atoms with Crippen LogP contribution in [0, 0.1) is 17.8 Å². The minimum Gasteiger partial charge on any atom is -0.373 e. The lowest BCUT2D eigenvalue weighted by Gasteiger charge is -2.19. The molecule has 0 saturated heterocycles. The molecule has 2 atom stereocenters. The maximum absolute atomic E-state index is 11.6. The molecule has 1 aliphatic rings. The molecule has 0 aromatic rings. The van der Waals surface area contributed by atoms with Crippen molar-refractivity contribution < 1.29 is 9.53 Å². The second kappa shape index (κ2) is 8.68. The summed E-state index contributed by atoms with van der Waals surface area (Å²) in [6, 6.07) is 0. The highest BCUT2D eigenvalue weighted by atomic mass is 16.5. The topological polar surface area (TPSA) is 26.3 Å². The van der Waals surface area contributed by atoms with Gasteiger partial charge in [-0.15, -0.1) is 0 Å². The Morgan fingerprint density at radius 3 is 2.39 bits per heavy atom. The van der Waals surface area contributed by atoms with Gasteiger partial charge in [-0.3, -0.25) is 4.79 Å². The van der Waals surface area contributed by atoms with Crippen LogP contribution in [0.25, 0.3) is 0 Å². The first-order chi connectivity index (χ1) is 8.65. The summed E-state index contributed by atoms with van der Waals surface area (Å²) in [5.41, 5.74) is 0. The van der Waals surface area contributed by atoms with Gasteiger partial charge in [-0.05, 0) is 24.2 Å². The summed E-state index contributed by atoms with van der Waals surface area (Å²) in [4.78, 5) is 11.6. The van der Waals surface area contributed by atoms with Crippen LogP contribution in [0.5, 0.6) is 0 Å². The van der Waals surface area contributed by atoms with E-state index in [9.17, 15) is 4.79 Å². The first-order valence-corrected chi connectivity index (χ1v) is 7.74. The molecule has 2 nitrogen and oxygen atoms in total. The average Bonchev–Trinajstić information content (AvgIpc) is 2.66. The SMILES string of the molecule is CCCCCCC(=O)COCC1C(C)CCC1C. The minimum absolute atomic E-state index is 0.282. The summed E-state index contributed by atoms with van der Waals surface area (Å²) < 4.78 is 5.63. The quantitative estimate of drug-likeness (QED) is 0.576. The predicted molar refractivity (Wildman–Crippen MR) is 75.6 cm³/mol. The van der Waals surface area contributed by atoms with Crippen LogP contribution < -0.4 is 0 Å². The van der Waals surface area contributed by atoms with Gasteiger partial charge >= 0.3 is 0 Å². The lowest BCUT2D eigenvalue weighted by Crippen LogP contribution is -2.20. The molecule has 18 heavy (non-hydrogen) atoms. The molecule has 0 aromatic carbocycles. The summed E-state index contributed by atoms with van der Waals surface area (Å²) in [5.74, 6) is 2.47. The molecule has 0 amide bonds. The van der Waals surface area contributed by atoms with Gasteiger partial charge in [0.2, 0.25) is 0 Å². The molecule has 1 saturated carbocycles. The van der Waals surface area contributed by atoms with E-state index in [1.807, 2.05) is 0 Å². The van der Waals surface area contributed by atoms with Gasteiger partial charge in [0, 0.05) is 6.42 Å². The van der Waals surface area contributed by atoms with Gasteiger partial charge in [0.1, 0.15) is 6.61 Å². The summed E-state index contributed by atoms with van der Waals surface area (Å²) in [6.45, 7) is 7.92. The van der Waals surface area contributed by atoms with Crippen molar-refractivity contribution >= 4 is 5.78 Å². The van der Waals surface area contributed by atoms with Crippen LogP contribution in [-0.4, -0.2) is 19.0 Å². The number of ketones is 1. The monoisotopic (exact) mass is 254 g/mol. The van der Waals surface area contributed by atoms with Crippen LogP contribution in [0.15, 0.2) is 0 Å². The largest absolute Gasteiger partial charge is 0.373 e. The Morgan fingerprint density at radius 2 is 1.78 bits per heavy atom. The fourth-order valence-electron chi connectivity index (χ4n) is 2.97. The molecule has 0 bridgehead atoms. The van der Waals surface area contributed by atoms with Gasteiger partial charge < -0.3 is 4.74 Å². The number of unbranched alkanes of at least 4 members (excludes halogenated alkanes) is 3. The van der Waals surface area contributed by atoms with Gasteiger partial charge in [0.25, 0.3) is 0 Å². The number of Topliss-reactive ketones (excluding diaryl/α,β-unsaturated/α-hetero) is 1. The Balaban J connectivity index is 2.04. The molecular weight excluding hydrogens is 224 g/mol. The predicted octanol–water partition coefficient (Wildman–Crippen LogP) is 4.22. The zero-order valence-corrected chi connectivity index (χ0v) is 12.4. The average molecular weight is 254 g/mol. The lowest BCUT2D eigenvalue weighted by molar-refractivity contribution is -0.124. The third-order valence-corrected chi connectivity index (χ3v) is 4.42. The molecule has 0 heterocycles. The van der Waals surface area contributed by atoms with Gasteiger partial charge in [-0.25, -0.2) is 0 Å². The van der Waals surface area contributed by atoms with Gasteiger partial charge in [-0.1, -0.05) is 52.9 Å². The van der Waals surface area contributed by atoms with E-state index < -0.39 is 0 Å². The Hall–Kier alpha value is -0.370. The van der Waals surface area contributed by atoms with E-state index in [0.29, 0.717) is 18.9 Å². The molecule has 0 spiro atoms. The lowest BCUT2D eigenvalue weighted by atomic mass is 9.93. The molecular formula is C16H30O2. The number of carbonyl (C=O) groups is 1. The number of hydrogen-bond acceptors (Lipinski definition) is 2. The molecule has 1 fully saturated rings. The summed E-state index contributed by atoms with van der Waals surface area (Å²) in [5, 5.41) is 0. The Kier molecular flexibility index (Phi) is 7.57. The summed E-state index contributed by atoms with van der Waals surface area (Å²) >= 11 is 0. The number of rotatable bonds is 9. The van der Waals surface area contributed by atoms with Crippen molar-refractivity contribution in [2.75, 3.05) is 13.2 Å². The second-order valence-electron chi connectivity index (χ2n) is 6.06. The highest BCUT2D eigenvalue weighted by Crippen LogP contribution is 2.36. The minimum atomic E-state index is 0.282. The Bertz CT molecular complexity index is 227. The summed E-state index contributed by atoms with van der Waals surface area (Å²) in [6.07, 6.45) is 8.02. The van der Waals surface area contributed by atoms with Crippen LogP contribution in [0.1, 0.15) is 65.7 Å². The first kappa shape index (κ1) is 15.7. The van der Waals surface area contributed by atoms with E-state index in [2.05, 4.69) is 20.8 Å². The van der Waals surface area contributed by atoms with Gasteiger partial charge in [-0.2, -0.15) is 0 Å². The van der Waals surface area contributed by atoms with E-state index in [1.54, 1.807) is 0 Å². The standard InChI is InChI=1S/C16H30O2/c1-4-5-6-7-8-15(17)11-18-12-16-13(2)9-10-14(16)3/h13-14,16H,4-12H2,1-3H3. The zero-order chi connectivity index (χ0) is 13.4. The Labute approximate surface area is 112 Å². The normalized spacial score (nSPS) is 27.6. The smallest absolute Gasteiger partial charge is 0.158 e. The van der Waals surface area contributed by atoms with E-state index in [1.165, 1.54) is 32.1 Å². The maximum atomic E-state index is 11.6. The third-order valence-electron chi connectivity index (χ3n) is 4.42. The molecule has 1 rings (SSSR count). The fraction of sp³-hybridized carbons (Fsp3) is 0.938. The van der Waals surface area contributed by atoms with Crippen molar-refractivity contribution in [2.45, 2.75) is 65.7 Å². The van der Waals surface area contributed by atoms with Crippen LogP contribution >= 0.6 is 0 Å². The molecule has 0 N–H and O–H groups in total. The second-order valence-corrected chi connectivity index (χ2v) is 6.06. The molecule has 0 aromatic heterocycles. The molecule has 2 unspecified atom stereocenters. The van der Waals surface area contributed by atoms with Crippen molar-refractivity contribution in [3.63, 3.8) is 0 Å². The number of carbonyl (C=O) groups excluding carboxylic acids is 1. The number of ether oxygens (including phenoxy) is 1. The summed E-state index contributed by atoms with van der Waals surface area (Å²) in [7, 11) is 0. The Morgan fingerprint density at radius 1 is 1.11 bits per heavy atom. The van der Waals surface area contributed by atoms with Crippen molar-refractivity contribution in [1.29, 1.82) is 0 Å². The zero-order valence-electron chi connectivity index (χ0n) is 12.4. The maximum Gasteiger partial charge on any atom is 0.158 e. The highest BCUT2D eigenvalue weighted by molar-refractivity contribution is 5.79. The van der Waals surface area contributed by atoms with Crippen molar-refractivity contribution in [3.05, 3.63) is 0 Å². The highest BCUT2D eigenvalue weighted by Gasteiger charge is 2.30. The van der Waals surface area contributed by atoms with Gasteiger partial charge in [0.15, 0.2) is 5.78 Å². The molecule has 106 valence electrons. The van der Waals surface area contributed by atoms with E-state index in [-0.39, 0.29) is 5.78 Å². The number of hydrogen-bond donors (Lipinski definition) is 0. The van der Waals surface area contributed by atoms with Gasteiger partial charge in [0.05, 0.1) is 6.61 Å². The van der Waals surface area contributed by atoms with Crippen LogP contribution in [-0.2, 0) is 9.53 Å². The van der Waals surface area contributed by atoms with E-state index in [0.717, 1.165) is 24.9 Å². The van der Waals surface area contributed by atoms with E-state index in [4.69, 9.17) is 4.74 Å².